The number of methoxy groups -OCH3 is 1. The molecule has 0 aliphatic rings. The highest BCUT2D eigenvalue weighted by Crippen LogP contribution is 2.40. The largest absolute Gasteiger partial charge is 0.497 e. The summed E-state index contributed by atoms with van der Waals surface area (Å²) in [5, 5.41) is 0.684. The molecule has 1 heterocycles. The first-order valence-corrected chi connectivity index (χ1v) is 11.8. The Labute approximate surface area is 186 Å². The standard InChI is InChI=1S/C28H36O3/c1-5-8-17-28(16-7-3,18-9-6-2)22-12-15-26-24(19-22)25(29)20-27(31-26)21-10-13-23(30-4)14-11-21/h10-15,19-20H,5-9,16-18H2,1-4H3. The van der Waals surface area contributed by atoms with E-state index in [1.165, 1.54) is 44.1 Å². The van der Waals surface area contributed by atoms with Gasteiger partial charge in [0.25, 0.3) is 0 Å². The summed E-state index contributed by atoms with van der Waals surface area (Å²) in [7, 11) is 1.64. The number of rotatable bonds is 11. The molecular formula is C28H36O3. The van der Waals surface area contributed by atoms with Gasteiger partial charge in [-0.15, -0.1) is 0 Å². The van der Waals surface area contributed by atoms with E-state index in [1.54, 1.807) is 13.2 Å². The number of ether oxygens (including phenoxy) is 1. The first-order valence-electron chi connectivity index (χ1n) is 11.8. The fourth-order valence-corrected chi connectivity index (χ4v) is 4.70. The minimum atomic E-state index is 0.0188. The van der Waals surface area contributed by atoms with Crippen molar-refractivity contribution in [3.63, 3.8) is 0 Å². The molecule has 0 saturated carbocycles. The Morgan fingerprint density at radius 2 is 1.52 bits per heavy atom. The van der Waals surface area contributed by atoms with Crippen LogP contribution < -0.4 is 10.2 Å². The molecule has 0 amide bonds. The van der Waals surface area contributed by atoms with Crippen molar-refractivity contribution in [2.24, 2.45) is 0 Å². The van der Waals surface area contributed by atoms with Crippen molar-refractivity contribution in [2.75, 3.05) is 7.11 Å². The zero-order chi connectivity index (χ0) is 22.3. The molecule has 0 unspecified atom stereocenters. The molecule has 2 aromatic carbocycles. The lowest BCUT2D eigenvalue weighted by atomic mass is 9.69. The lowest BCUT2D eigenvalue weighted by Crippen LogP contribution is -2.26. The van der Waals surface area contributed by atoms with E-state index in [0.29, 0.717) is 16.7 Å². The smallest absolute Gasteiger partial charge is 0.193 e. The van der Waals surface area contributed by atoms with Gasteiger partial charge < -0.3 is 9.15 Å². The minimum Gasteiger partial charge on any atom is -0.497 e. The van der Waals surface area contributed by atoms with Gasteiger partial charge in [-0.25, -0.2) is 0 Å². The van der Waals surface area contributed by atoms with Gasteiger partial charge in [0.15, 0.2) is 5.43 Å². The van der Waals surface area contributed by atoms with Crippen molar-refractivity contribution >= 4 is 11.0 Å². The van der Waals surface area contributed by atoms with E-state index in [-0.39, 0.29) is 10.8 Å². The molecule has 3 aromatic rings. The quantitative estimate of drug-likeness (QED) is 0.316. The molecule has 0 N–H and O–H groups in total. The van der Waals surface area contributed by atoms with Crippen LogP contribution in [-0.4, -0.2) is 7.11 Å². The zero-order valence-corrected chi connectivity index (χ0v) is 19.5. The SMILES string of the molecule is CCCCC(CCC)(CCCC)c1ccc2oc(-c3ccc(OC)cc3)cc(=O)c2c1. The van der Waals surface area contributed by atoms with Crippen molar-refractivity contribution in [3.8, 4) is 17.1 Å². The van der Waals surface area contributed by atoms with Gasteiger partial charge in [-0.2, -0.15) is 0 Å². The van der Waals surface area contributed by atoms with Crippen LogP contribution in [-0.2, 0) is 5.41 Å². The van der Waals surface area contributed by atoms with Crippen molar-refractivity contribution in [1.82, 2.24) is 0 Å². The Kier molecular flexibility index (Phi) is 7.95. The van der Waals surface area contributed by atoms with Crippen molar-refractivity contribution in [3.05, 3.63) is 64.3 Å². The third-order valence-electron chi connectivity index (χ3n) is 6.46. The summed E-state index contributed by atoms with van der Waals surface area (Å²) < 4.78 is 11.4. The summed E-state index contributed by atoms with van der Waals surface area (Å²) in [5.41, 5.74) is 2.99. The number of hydrogen-bond acceptors (Lipinski definition) is 3. The van der Waals surface area contributed by atoms with Gasteiger partial charge in [-0.3, -0.25) is 4.79 Å². The second kappa shape index (κ2) is 10.7. The van der Waals surface area contributed by atoms with Crippen LogP contribution in [0.1, 0.15) is 77.7 Å². The molecule has 0 aliphatic carbocycles. The topological polar surface area (TPSA) is 39.4 Å². The molecule has 0 spiro atoms. The van der Waals surface area contributed by atoms with Gasteiger partial charge in [-0.1, -0.05) is 58.9 Å². The van der Waals surface area contributed by atoms with Gasteiger partial charge in [0.05, 0.1) is 12.5 Å². The summed E-state index contributed by atoms with van der Waals surface area (Å²) in [6, 6.07) is 15.5. The fourth-order valence-electron chi connectivity index (χ4n) is 4.70. The third-order valence-corrected chi connectivity index (χ3v) is 6.46. The van der Waals surface area contributed by atoms with Crippen LogP contribution in [0.4, 0.5) is 0 Å². The molecule has 1 aromatic heterocycles. The van der Waals surface area contributed by atoms with Crippen LogP contribution in [0, 0.1) is 0 Å². The summed E-state index contributed by atoms with van der Waals surface area (Å²) in [6.45, 7) is 6.78. The van der Waals surface area contributed by atoms with E-state index in [2.05, 4.69) is 32.9 Å². The van der Waals surface area contributed by atoms with Gasteiger partial charge in [0.2, 0.25) is 0 Å². The number of hydrogen-bond donors (Lipinski definition) is 0. The molecule has 0 radical (unpaired) electrons. The first-order chi connectivity index (χ1) is 15.1. The van der Waals surface area contributed by atoms with Gasteiger partial charge in [0.1, 0.15) is 17.1 Å². The maximum Gasteiger partial charge on any atom is 0.193 e. The summed E-state index contributed by atoms with van der Waals surface area (Å²) in [4.78, 5) is 13.1. The molecule has 0 atom stereocenters. The molecule has 0 bridgehead atoms. The van der Waals surface area contributed by atoms with Gasteiger partial charge in [-0.05, 0) is 66.6 Å². The van der Waals surface area contributed by atoms with E-state index in [9.17, 15) is 4.79 Å². The van der Waals surface area contributed by atoms with E-state index >= 15 is 0 Å². The maximum absolute atomic E-state index is 13.1. The Hall–Kier alpha value is -2.55. The molecule has 31 heavy (non-hydrogen) atoms. The minimum absolute atomic E-state index is 0.0188. The van der Waals surface area contributed by atoms with Gasteiger partial charge >= 0.3 is 0 Å². The van der Waals surface area contributed by atoms with Crippen LogP contribution in [0.5, 0.6) is 5.75 Å². The third kappa shape index (κ3) is 5.20. The van der Waals surface area contributed by atoms with Crippen LogP contribution >= 0.6 is 0 Å². The van der Waals surface area contributed by atoms with Crippen LogP contribution in [0.15, 0.2) is 57.7 Å². The summed E-state index contributed by atoms with van der Waals surface area (Å²) in [5.74, 6) is 1.37. The molecule has 3 rings (SSSR count). The zero-order valence-electron chi connectivity index (χ0n) is 19.5. The highest BCUT2D eigenvalue weighted by molar-refractivity contribution is 5.79. The van der Waals surface area contributed by atoms with Gasteiger partial charge in [0, 0.05) is 11.6 Å². The van der Waals surface area contributed by atoms with Crippen LogP contribution in [0.25, 0.3) is 22.3 Å². The predicted octanol–water partition coefficient (Wildman–Crippen LogP) is 7.89. The van der Waals surface area contributed by atoms with Crippen molar-refractivity contribution in [1.29, 1.82) is 0 Å². The average molecular weight is 421 g/mol. The Morgan fingerprint density at radius 1 is 0.839 bits per heavy atom. The number of unbranched alkanes of at least 4 members (excludes halogenated alkanes) is 2. The fraction of sp³-hybridized carbons (Fsp3) is 0.464. The molecule has 3 heteroatoms. The Bertz CT molecular complexity index is 1020. The van der Waals surface area contributed by atoms with Crippen LogP contribution in [0.3, 0.4) is 0 Å². The predicted molar refractivity (Wildman–Crippen MR) is 130 cm³/mol. The highest BCUT2D eigenvalue weighted by Gasteiger charge is 2.30. The number of fused-ring (bicyclic) bond motifs is 1. The molecular weight excluding hydrogens is 384 g/mol. The second-order valence-corrected chi connectivity index (χ2v) is 8.65. The first kappa shape index (κ1) is 23.1. The van der Waals surface area contributed by atoms with Crippen molar-refractivity contribution < 1.29 is 9.15 Å². The van der Waals surface area contributed by atoms with E-state index < -0.39 is 0 Å². The summed E-state index contributed by atoms with van der Waals surface area (Å²) in [6.07, 6.45) is 9.48. The molecule has 166 valence electrons. The molecule has 0 saturated heterocycles. The second-order valence-electron chi connectivity index (χ2n) is 8.65. The van der Waals surface area contributed by atoms with E-state index in [4.69, 9.17) is 9.15 Å². The average Bonchev–Trinajstić information content (AvgIpc) is 2.80. The van der Waals surface area contributed by atoms with E-state index in [0.717, 1.165) is 24.2 Å². The lowest BCUT2D eigenvalue weighted by molar-refractivity contribution is 0.315. The molecule has 0 aliphatic heterocycles. The normalized spacial score (nSPS) is 11.7. The Balaban J connectivity index is 2.05. The lowest BCUT2D eigenvalue weighted by Gasteiger charge is -2.35. The van der Waals surface area contributed by atoms with E-state index in [1.807, 2.05) is 30.3 Å². The molecule has 3 nitrogen and oxygen atoms in total. The molecule has 0 fully saturated rings. The Morgan fingerprint density at radius 3 is 2.10 bits per heavy atom. The monoisotopic (exact) mass is 420 g/mol. The summed E-state index contributed by atoms with van der Waals surface area (Å²) >= 11 is 0. The number of benzene rings is 2. The maximum atomic E-state index is 13.1. The van der Waals surface area contributed by atoms with Crippen molar-refractivity contribution in [2.45, 2.75) is 77.6 Å². The van der Waals surface area contributed by atoms with Crippen LogP contribution in [0.2, 0.25) is 0 Å². The highest BCUT2D eigenvalue weighted by atomic mass is 16.5.